The van der Waals surface area contributed by atoms with Gasteiger partial charge in [0.05, 0.1) is 0 Å². The second-order valence-corrected chi connectivity index (χ2v) is 5.94. The van der Waals surface area contributed by atoms with Crippen LogP contribution >= 0.6 is 15.9 Å². The zero-order chi connectivity index (χ0) is 13.1. The van der Waals surface area contributed by atoms with E-state index in [1.165, 1.54) is 0 Å². The van der Waals surface area contributed by atoms with Crippen molar-refractivity contribution in [2.45, 2.75) is 25.8 Å². The van der Waals surface area contributed by atoms with Crippen LogP contribution in [0.2, 0.25) is 0 Å². The van der Waals surface area contributed by atoms with E-state index in [4.69, 9.17) is 5.73 Å². The van der Waals surface area contributed by atoms with Crippen molar-refractivity contribution in [3.8, 4) is 0 Å². The Morgan fingerprint density at radius 1 is 1.56 bits per heavy atom. The van der Waals surface area contributed by atoms with Gasteiger partial charge in [-0.2, -0.15) is 0 Å². The van der Waals surface area contributed by atoms with Crippen LogP contribution in [0.25, 0.3) is 0 Å². The molecule has 1 aliphatic rings. The van der Waals surface area contributed by atoms with Crippen molar-refractivity contribution >= 4 is 21.8 Å². The van der Waals surface area contributed by atoms with Crippen LogP contribution in [0.5, 0.6) is 0 Å². The molecule has 2 atom stereocenters. The highest BCUT2D eigenvalue weighted by Crippen LogP contribution is 2.21. The Labute approximate surface area is 116 Å². The monoisotopic (exact) mass is 310 g/mol. The van der Waals surface area contributed by atoms with Gasteiger partial charge in [-0.1, -0.05) is 22.0 Å². The Morgan fingerprint density at radius 3 is 3.00 bits per heavy atom. The first-order chi connectivity index (χ1) is 8.58. The number of amides is 1. The number of benzene rings is 1. The molecule has 0 spiro atoms. The number of halogens is 1. The minimum Gasteiger partial charge on any atom is -0.338 e. The Bertz CT molecular complexity index is 434. The molecule has 1 fully saturated rings. The highest BCUT2D eigenvalue weighted by molar-refractivity contribution is 9.10. The molecular formula is C14H19BrN2O. The van der Waals surface area contributed by atoms with E-state index < -0.39 is 0 Å². The van der Waals surface area contributed by atoms with Gasteiger partial charge in [0.1, 0.15) is 0 Å². The van der Waals surface area contributed by atoms with Crippen LogP contribution in [0.15, 0.2) is 28.7 Å². The lowest BCUT2D eigenvalue weighted by molar-refractivity contribution is 0.0661. The summed E-state index contributed by atoms with van der Waals surface area (Å²) in [6, 6.07) is 7.71. The lowest BCUT2D eigenvalue weighted by atomic mass is 9.92. The normalized spacial score (nSPS) is 21.7. The Balaban J connectivity index is 2.09. The van der Waals surface area contributed by atoms with Crippen LogP contribution in [-0.4, -0.2) is 29.9 Å². The first kappa shape index (κ1) is 13.6. The van der Waals surface area contributed by atoms with Crippen LogP contribution < -0.4 is 5.73 Å². The Kier molecular flexibility index (Phi) is 4.40. The fourth-order valence-corrected chi connectivity index (χ4v) is 2.83. The second-order valence-electron chi connectivity index (χ2n) is 5.02. The molecule has 2 N–H and O–H groups in total. The SMILES string of the molecule is CC(N)C1CCCN(C(=O)c2cccc(Br)c2)C1. The Hall–Kier alpha value is -0.870. The number of rotatable bonds is 2. The summed E-state index contributed by atoms with van der Waals surface area (Å²) < 4.78 is 0.939. The number of carbonyl (C=O) groups excluding carboxylic acids is 1. The second kappa shape index (κ2) is 5.85. The number of nitrogens with two attached hydrogens (primary N) is 1. The maximum Gasteiger partial charge on any atom is 0.253 e. The molecule has 1 aromatic carbocycles. The number of hydrogen-bond donors (Lipinski definition) is 1. The largest absolute Gasteiger partial charge is 0.338 e. The fraction of sp³-hybridized carbons (Fsp3) is 0.500. The molecule has 2 rings (SSSR count). The molecule has 1 saturated heterocycles. The number of piperidine rings is 1. The first-order valence-electron chi connectivity index (χ1n) is 6.38. The molecular weight excluding hydrogens is 292 g/mol. The van der Waals surface area contributed by atoms with E-state index >= 15 is 0 Å². The molecule has 1 amide bonds. The summed E-state index contributed by atoms with van der Waals surface area (Å²) in [5, 5.41) is 0. The minimum absolute atomic E-state index is 0.113. The topological polar surface area (TPSA) is 46.3 Å². The van der Waals surface area contributed by atoms with Gasteiger partial charge in [-0.3, -0.25) is 4.79 Å². The lowest BCUT2D eigenvalue weighted by Crippen LogP contribution is -2.45. The van der Waals surface area contributed by atoms with Crippen LogP contribution in [0, 0.1) is 5.92 Å². The molecule has 0 bridgehead atoms. The maximum absolute atomic E-state index is 12.4. The van der Waals surface area contributed by atoms with Gasteiger partial charge < -0.3 is 10.6 Å². The van der Waals surface area contributed by atoms with E-state index in [1.54, 1.807) is 0 Å². The van der Waals surface area contributed by atoms with Gasteiger partial charge in [0.25, 0.3) is 5.91 Å². The molecule has 0 radical (unpaired) electrons. The summed E-state index contributed by atoms with van der Waals surface area (Å²) in [5.74, 6) is 0.538. The maximum atomic E-state index is 12.4. The number of hydrogen-bond acceptors (Lipinski definition) is 2. The van der Waals surface area contributed by atoms with E-state index in [1.807, 2.05) is 36.1 Å². The average Bonchev–Trinajstić information content (AvgIpc) is 2.38. The van der Waals surface area contributed by atoms with Gasteiger partial charge in [0.2, 0.25) is 0 Å². The average molecular weight is 311 g/mol. The Morgan fingerprint density at radius 2 is 2.33 bits per heavy atom. The van der Waals surface area contributed by atoms with Crippen LogP contribution in [0.4, 0.5) is 0 Å². The molecule has 18 heavy (non-hydrogen) atoms. The molecule has 0 saturated carbocycles. The summed E-state index contributed by atoms with van der Waals surface area (Å²) in [7, 11) is 0. The van der Waals surface area contributed by atoms with E-state index in [2.05, 4.69) is 15.9 Å². The summed E-state index contributed by atoms with van der Waals surface area (Å²) in [4.78, 5) is 14.3. The molecule has 1 aromatic rings. The van der Waals surface area contributed by atoms with E-state index in [-0.39, 0.29) is 11.9 Å². The van der Waals surface area contributed by atoms with Crippen molar-refractivity contribution in [3.05, 3.63) is 34.3 Å². The van der Waals surface area contributed by atoms with Crippen molar-refractivity contribution in [1.82, 2.24) is 4.90 Å². The van der Waals surface area contributed by atoms with Crippen molar-refractivity contribution in [3.63, 3.8) is 0 Å². The quantitative estimate of drug-likeness (QED) is 0.913. The van der Waals surface area contributed by atoms with Crippen molar-refractivity contribution < 1.29 is 4.79 Å². The molecule has 4 heteroatoms. The molecule has 1 heterocycles. The lowest BCUT2D eigenvalue weighted by Gasteiger charge is -2.34. The van der Waals surface area contributed by atoms with Gasteiger partial charge in [-0.15, -0.1) is 0 Å². The predicted octanol–water partition coefficient (Wildman–Crippen LogP) is 2.65. The molecule has 3 nitrogen and oxygen atoms in total. The van der Waals surface area contributed by atoms with E-state index in [9.17, 15) is 4.79 Å². The standard InChI is InChI=1S/C14H19BrN2O/c1-10(16)12-5-3-7-17(9-12)14(18)11-4-2-6-13(15)8-11/h2,4,6,8,10,12H,3,5,7,9,16H2,1H3. The summed E-state index contributed by atoms with van der Waals surface area (Å²) in [6.07, 6.45) is 2.17. The smallest absolute Gasteiger partial charge is 0.253 e. The van der Waals surface area contributed by atoms with Crippen LogP contribution in [0.3, 0.4) is 0 Å². The zero-order valence-corrected chi connectivity index (χ0v) is 12.2. The fourth-order valence-electron chi connectivity index (χ4n) is 2.43. The van der Waals surface area contributed by atoms with Crippen molar-refractivity contribution in [2.75, 3.05) is 13.1 Å². The highest BCUT2D eigenvalue weighted by Gasteiger charge is 2.26. The third-order valence-electron chi connectivity index (χ3n) is 3.56. The number of likely N-dealkylation sites (tertiary alicyclic amines) is 1. The number of carbonyl (C=O) groups is 1. The van der Waals surface area contributed by atoms with Crippen molar-refractivity contribution in [2.24, 2.45) is 11.7 Å². The van der Waals surface area contributed by atoms with E-state index in [0.717, 1.165) is 36.0 Å². The van der Waals surface area contributed by atoms with E-state index in [0.29, 0.717) is 5.92 Å². The molecule has 0 aliphatic carbocycles. The van der Waals surface area contributed by atoms with Gasteiger partial charge in [0.15, 0.2) is 0 Å². The van der Waals surface area contributed by atoms with Gasteiger partial charge in [0, 0.05) is 29.2 Å². The van der Waals surface area contributed by atoms with Gasteiger partial charge in [-0.05, 0) is 43.9 Å². The number of nitrogens with zero attached hydrogens (tertiary/aromatic N) is 1. The minimum atomic E-state index is 0.113. The summed E-state index contributed by atoms with van der Waals surface area (Å²) in [5.41, 5.74) is 6.69. The van der Waals surface area contributed by atoms with Crippen LogP contribution in [-0.2, 0) is 0 Å². The molecule has 2 unspecified atom stereocenters. The van der Waals surface area contributed by atoms with Crippen LogP contribution in [0.1, 0.15) is 30.1 Å². The third-order valence-corrected chi connectivity index (χ3v) is 4.05. The molecule has 0 aromatic heterocycles. The third kappa shape index (κ3) is 3.12. The van der Waals surface area contributed by atoms with Gasteiger partial charge in [-0.25, -0.2) is 0 Å². The molecule has 98 valence electrons. The zero-order valence-electron chi connectivity index (χ0n) is 10.6. The van der Waals surface area contributed by atoms with Gasteiger partial charge >= 0.3 is 0 Å². The predicted molar refractivity (Wildman–Crippen MR) is 76.4 cm³/mol. The first-order valence-corrected chi connectivity index (χ1v) is 7.17. The van der Waals surface area contributed by atoms with Crippen molar-refractivity contribution in [1.29, 1.82) is 0 Å². The molecule has 1 aliphatic heterocycles. The highest BCUT2D eigenvalue weighted by atomic mass is 79.9. The summed E-state index contributed by atoms with van der Waals surface area (Å²) in [6.45, 7) is 3.65. The summed E-state index contributed by atoms with van der Waals surface area (Å²) >= 11 is 3.40.